The van der Waals surface area contributed by atoms with Crippen molar-refractivity contribution in [2.45, 2.75) is 31.9 Å². The van der Waals surface area contributed by atoms with E-state index in [4.69, 9.17) is 9.47 Å². The first-order chi connectivity index (χ1) is 11.3. The fourth-order valence-electron chi connectivity index (χ4n) is 2.38. The second-order valence-corrected chi connectivity index (χ2v) is 6.46. The van der Waals surface area contributed by atoms with Crippen molar-refractivity contribution in [3.8, 4) is 0 Å². The summed E-state index contributed by atoms with van der Waals surface area (Å²) in [7, 11) is 1.78. The third-order valence-electron chi connectivity index (χ3n) is 3.68. The summed E-state index contributed by atoms with van der Waals surface area (Å²) >= 11 is 3.44. The van der Waals surface area contributed by atoms with Crippen LogP contribution in [0.15, 0.2) is 33.7 Å². The molecule has 2 rings (SSSR count). The van der Waals surface area contributed by atoms with Crippen molar-refractivity contribution < 1.29 is 9.47 Å². The highest BCUT2D eigenvalue weighted by Crippen LogP contribution is 2.12. The lowest BCUT2D eigenvalue weighted by Gasteiger charge is -2.13. The second kappa shape index (κ2) is 10.6. The van der Waals surface area contributed by atoms with Crippen molar-refractivity contribution >= 4 is 21.9 Å². The average Bonchev–Trinajstić information content (AvgIpc) is 3.08. The summed E-state index contributed by atoms with van der Waals surface area (Å²) in [6, 6.07) is 8.25. The Hall–Kier alpha value is -1.11. The first-order valence-corrected chi connectivity index (χ1v) is 8.95. The van der Waals surface area contributed by atoms with E-state index in [0.29, 0.717) is 6.10 Å². The summed E-state index contributed by atoms with van der Waals surface area (Å²) in [6.45, 7) is 3.94. The Morgan fingerprint density at radius 2 is 2.17 bits per heavy atom. The second-order valence-electron chi connectivity index (χ2n) is 5.54. The normalized spacial score (nSPS) is 18.2. The molecule has 1 saturated heterocycles. The number of nitrogens with zero attached hydrogens (tertiary/aromatic N) is 1. The van der Waals surface area contributed by atoms with Crippen molar-refractivity contribution in [3.05, 3.63) is 34.3 Å². The molecule has 2 N–H and O–H groups in total. The third-order valence-corrected chi connectivity index (χ3v) is 4.21. The number of aliphatic imine (C=N–C) groups is 1. The molecule has 1 aliphatic heterocycles. The Morgan fingerprint density at radius 3 is 2.87 bits per heavy atom. The van der Waals surface area contributed by atoms with Gasteiger partial charge in [-0.1, -0.05) is 28.1 Å². The minimum atomic E-state index is 0.309. The monoisotopic (exact) mass is 383 g/mol. The Morgan fingerprint density at radius 1 is 1.35 bits per heavy atom. The van der Waals surface area contributed by atoms with Gasteiger partial charge in [-0.25, -0.2) is 0 Å². The first-order valence-electron chi connectivity index (χ1n) is 8.16. The molecule has 0 saturated carbocycles. The summed E-state index contributed by atoms with van der Waals surface area (Å²) in [4.78, 5) is 4.23. The number of ether oxygens (including phenoxy) is 2. The molecule has 0 radical (unpaired) electrons. The summed E-state index contributed by atoms with van der Waals surface area (Å²) < 4.78 is 12.3. The van der Waals surface area contributed by atoms with Crippen LogP contribution in [0.4, 0.5) is 0 Å². The molecule has 23 heavy (non-hydrogen) atoms. The molecule has 1 aromatic carbocycles. The van der Waals surface area contributed by atoms with Gasteiger partial charge in [-0.3, -0.25) is 4.99 Å². The van der Waals surface area contributed by atoms with Gasteiger partial charge < -0.3 is 20.1 Å². The molecule has 128 valence electrons. The summed E-state index contributed by atoms with van der Waals surface area (Å²) in [5, 5.41) is 6.60. The molecular weight excluding hydrogens is 358 g/mol. The van der Waals surface area contributed by atoms with Crippen LogP contribution in [0.25, 0.3) is 0 Å². The molecule has 0 amide bonds. The van der Waals surface area contributed by atoms with Gasteiger partial charge in [0.15, 0.2) is 5.96 Å². The fourth-order valence-corrected chi connectivity index (χ4v) is 2.64. The maximum atomic E-state index is 5.64. The van der Waals surface area contributed by atoms with Crippen molar-refractivity contribution in [1.29, 1.82) is 0 Å². The SMILES string of the molecule is CN=C(NCCCOCC1CCCO1)NCc1ccc(Br)cc1. The molecule has 1 atom stereocenters. The van der Waals surface area contributed by atoms with E-state index in [0.717, 1.165) is 62.6 Å². The van der Waals surface area contributed by atoms with E-state index in [1.807, 2.05) is 12.1 Å². The van der Waals surface area contributed by atoms with E-state index in [1.54, 1.807) is 7.05 Å². The largest absolute Gasteiger partial charge is 0.379 e. The van der Waals surface area contributed by atoms with Crippen LogP contribution < -0.4 is 10.6 Å². The summed E-state index contributed by atoms with van der Waals surface area (Å²) in [5.74, 6) is 0.812. The van der Waals surface area contributed by atoms with Crippen molar-refractivity contribution in [1.82, 2.24) is 10.6 Å². The van der Waals surface area contributed by atoms with Crippen molar-refractivity contribution in [2.24, 2.45) is 4.99 Å². The van der Waals surface area contributed by atoms with Gasteiger partial charge in [0.1, 0.15) is 0 Å². The van der Waals surface area contributed by atoms with Crippen molar-refractivity contribution in [2.75, 3.05) is 33.4 Å². The van der Waals surface area contributed by atoms with Crippen LogP contribution in [-0.4, -0.2) is 45.5 Å². The van der Waals surface area contributed by atoms with Crippen LogP contribution in [0.3, 0.4) is 0 Å². The molecule has 1 heterocycles. The number of hydrogen-bond acceptors (Lipinski definition) is 3. The fraction of sp³-hybridized carbons (Fsp3) is 0.588. The molecule has 1 fully saturated rings. The molecule has 0 aromatic heterocycles. The predicted octanol–water partition coefficient (Wildman–Crippen LogP) is 2.70. The van der Waals surface area contributed by atoms with Crippen LogP contribution in [-0.2, 0) is 16.0 Å². The number of nitrogens with one attached hydrogen (secondary N) is 2. The smallest absolute Gasteiger partial charge is 0.191 e. The molecule has 1 aliphatic rings. The zero-order valence-electron chi connectivity index (χ0n) is 13.7. The first kappa shape index (κ1) is 18.2. The highest BCUT2D eigenvalue weighted by atomic mass is 79.9. The van der Waals surface area contributed by atoms with E-state index in [-0.39, 0.29) is 0 Å². The maximum Gasteiger partial charge on any atom is 0.191 e. The molecule has 0 bridgehead atoms. The zero-order valence-corrected chi connectivity index (χ0v) is 15.3. The van der Waals surface area contributed by atoms with Gasteiger partial charge in [0.25, 0.3) is 0 Å². The van der Waals surface area contributed by atoms with Gasteiger partial charge in [0, 0.05) is 37.8 Å². The van der Waals surface area contributed by atoms with Crippen LogP contribution in [0.2, 0.25) is 0 Å². The highest BCUT2D eigenvalue weighted by molar-refractivity contribution is 9.10. The van der Waals surface area contributed by atoms with Gasteiger partial charge in [-0.05, 0) is 37.0 Å². The number of halogens is 1. The summed E-state index contributed by atoms with van der Waals surface area (Å²) in [5.41, 5.74) is 1.22. The number of guanidine groups is 1. The average molecular weight is 384 g/mol. The number of hydrogen-bond donors (Lipinski definition) is 2. The molecule has 0 spiro atoms. The van der Waals surface area contributed by atoms with Gasteiger partial charge in [-0.15, -0.1) is 0 Å². The number of benzene rings is 1. The molecule has 1 aromatic rings. The molecule has 0 aliphatic carbocycles. The van der Waals surface area contributed by atoms with Crippen LogP contribution in [0.5, 0.6) is 0 Å². The van der Waals surface area contributed by atoms with E-state index in [9.17, 15) is 0 Å². The Labute approximate surface area is 147 Å². The maximum absolute atomic E-state index is 5.64. The zero-order chi connectivity index (χ0) is 16.3. The topological polar surface area (TPSA) is 54.9 Å². The van der Waals surface area contributed by atoms with E-state index in [1.165, 1.54) is 5.56 Å². The molecule has 6 heteroatoms. The van der Waals surface area contributed by atoms with Gasteiger partial charge >= 0.3 is 0 Å². The highest BCUT2D eigenvalue weighted by Gasteiger charge is 2.14. The lowest BCUT2D eigenvalue weighted by Crippen LogP contribution is -2.37. The lowest BCUT2D eigenvalue weighted by atomic mass is 10.2. The van der Waals surface area contributed by atoms with Gasteiger partial charge in [0.05, 0.1) is 12.7 Å². The van der Waals surface area contributed by atoms with Crippen LogP contribution in [0.1, 0.15) is 24.8 Å². The molecular formula is C17H26BrN3O2. The van der Waals surface area contributed by atoms with Gasteiger partial charge in [-0.2, -0.15) is 0 Å². The standard InChI is InChI=1S/C17H26BrN3O2/c1-19-17(21-12-14-5-7-15(18)8-6-14)20-9-3-10-22-13-16-4-2-11-23-16/h5-8,16H,2-4,9-13H2,1H3,(H2,19,20,21). The molecule has 1 unspecified atom stereocenters. The Bertz CT molecular complexity index is 473. The Balaban J connectivity index is 1.53. The number of rotatable bonds is 8. The minimum absolute atomic E-state index is 0.309. The van der Waals surface area contributed by atoms with Crippen LogP contribution >= 0.6 is 15.9 Å². The quantitative estimate of drug-likeness (QED) is 0.411. The van der Waals surface area contributed by atoms with E-state index < -0.39 is 0 Å². The Kier molecular flexibility index (Phi) is 8.42. The minimum Gasteiger partial charge on any atom is -0.379 e. The van der Waals surface area contributed by atoms with Crippen molar-refractivity contribution in [3.63, 3.8) is 0 Å². The van der Waals surface area contributed by atoms with E-state index >= 15 is 0 Å². The van der Waals surface area contributed by atoms with Crippen LogP contribution in [0, 0.1) is 0 Å². The predicted molar refractivity (Wildman–Crippen MR) is 96.8 cm³/mol. The third kappa shape index (κ3) is 7.33. The lowest BCUT2D eigenvalue weighted by molar-refractivity contribution is 0.0168. The van der Waals surface area contributed by atoms with E-state index in [2.05, 4.69) is 43.7 Å². The van der Waals surface area contributed by atoms with Gasteiger partial charge in [0.2, 0.25) is 0 Å². The molecule has 5 nitrogen and oxygen atoms in total. The summed E-state index contributed by atoms with van der Waals surface area (Å²) in [6.07, 6.45) is 3.55.